The molecule has 3 N–H and O–H groups in total. The van der Waals surface area contributed by atoms with Crippen molar-refractivity contribution in [2.45, 2.75) is 13.0 Å². The molecule has 0 bridgehead atoms. The number of aromatic nitrogens is 1. The Labute approximate surface area is 94.6 Å². The fourth-order valence-electron chi connectivity index (χ4n) is 0.930. The van der Waals surface area contributed by atoms with Crippen molar-refractivity contribution in [1.82, 2.24) is 10.3 Å². The number of hydrogen-bond donors (Lipinski definition) is 3. The van der Waals surface area contributed by atoms with Crippen molar-refractivity contribution in [2.24, 2.45) is 0 Å². The first-order valence-electron chi connectivity index (χ1n) is 4.35. The summed E-state index contributed by atoms with van der Waals surface area (Å²) in [5.41, 5.74) is 0.0456. The number of amides is 1. The van der Waals surface area contributed by atoms with Crippen LogP contribution in [-0.4, -0.2) is 28.6 Å². The van der Waals surface area contributed by atoms with Gasteiger partial charge in [0.05, 0.1) is 16.1 Å². The number of aliphatic hydroxyl groups excluding tert-OH is 1. The summed E-state index contributed by atoms with van der Waals surface area (Å²) in [6.07, 6.45) is 0.727. The molecule has 0 spiro atoms. The zero-order valence-corrected chi connectivity index (χ0v) is 9.67. The highest BCUT2D eigenvalue weighted by atomic mass is 79.9. The standard InChI is InChI=1S/C9H11BrN2O3/c1-5(13)3-11-8(14)6-2-7(10)9(15)12-4-6/h2,4-5,13H,3H2,1H3,(H,11,14)(H,12,15)/t5-/m1/s1. The second-order valence-corrected chi connectivity index (χ2v) is 3.98. The van der Waals surface area contributed by atoms with E-state index in [0.717, 1.165) is 0 Å². The van der Waals surface area contributed by atoms with E-state index in [2.05, 4.69) is 26.2 Å². The Morgan fingerprint density at radius 1 is 1.73 bits per heavy atom. The lowest BCUT2D eigenvalue weighted by Crippen LogP contribution is -2.31. The van der Waals surface area contributed by atoms with E-state index in [1.54, 1.807) is 6.92 Å². The van der Waals surface area contributed by atoms with Gasteiger partial charge in [0.15, 0.2) is 0 Å². The van der Waals surface area contributed by atoms with Crippen LogP contribution in [0.3, 0.4) is 0 Å². The number of rotatable bonds is 3. The Kier molecular flexibility index (Phi) is 4.05. The van der Waals surface area contributed by atoms with E-state index in [1.165, 1.54) is 12.3 Å². The van der Waals surface area contributed by atoms with Gasteiger partial charge in [-0.2, -0.15) is 0 Å². The van der Waals surface area contributed by atoms with Gasteiger partial charge in [-0.3, -0.25) is 9.59 Å². The summed E-state index contributed by atoms with van der Waals surface area (Å²) in [4.78, 5) is 24.8. The van der Waals surface area contributed by atoms with Gasteiger partial charge in [-0.05, 0) is 28.9 Å². The van der Waals surface area contributed by atoms with Crippen molar-refractivity contribution in [3.05, 3.63) is 32.7 Å². The van der Waals surface area contributed by atoms with Crippen LogP contribution in [0.15, 0.2) is 21.5 Å². The lowest BCUT2D eigenvalue weighted by Gasteiger charge is -2.06. The highest BCUT2D eigenvalue weighted by molar-refractivity contribution is 9.10. The minimum Gasteiger partial charge on any atom is -0.392 e. The van der Waals surface area contributed by atoms with Crippen LogP contribution < -0.4 is 10.9 Å². The first-order chi connectivity index (χ1) is 7.00. The number of carbonyl (C=O) groups is 1. The fraction of sp³-hybridized carbons (Fsp3) is 0.333. The number of hydrogen-bond acceptors (Lipinski definition) is 3. The Balaban J connectivity index is 2.74. The molecular formula is C9H11BrN2O3. The predicted octanol–water partition coefficient (Wildman–Crippen LogP) is 0.248. The fourth-order valence-corrected chi connectivity index (χ4v) is 1.29. The van der Waals surface area contributed by atoms with Crippen LogP contribution in [0.5, 0.6) is 0 Å². The molecule has 1 aromatic heterocycles. The number of carbonyl (C=O) groups excluding carboxylic acids is 1. The van der Waals surface area contributed by atoms with Gasteiger partial charge in [0.25, 0.3) is 11.5 Å². The van der Waals surface area contributed by atoms with E-state index < -0.39 is 6.10 Å². The molecule has 1 aromatic rings. The van der Waals surface area contributed by atoms with Crippen LogP contribution in [-0.2, 0) is 0 Å². The molecule has 0 fully saturated rings. The molecular weight excluding hydrogens is 264 g/mol. The molecule has 0 aromatic carbocycles. The van der Waals surface area contributed by atoms with Crippen LogP contribution in [0.25, 0.3) is 0 Å². The number of aliphatic hydroxyl groups is 1. The third kappa shape index (κ3) is 3.49. The highest BCUT2D eigenvalue weighted by Gasteiger charge is 2.07. The second kappa shape index (κ2) is 5.09. The number of H-pyrrole nitrogens is 1. The van der Waals surface area contributed by atoms with Crippen LogP contribution >= 0.6 is 15.9 Å². The van der Waals surface area contributed by atoms with Gasteiger partial charge in [0.1, 0.15) is 0 Å². The first kappa shape index (κ1) is 11.9. The molecule has 0 radical (unpaired) electrons. The lowest BCUT2D eigenvalue weighted by molar-refractivity contribution is 0.0923. The van der Waals surface area contributed by atoms with Crippen LogP contribution in [0.1, 0.15) is 17.3 Å². The molecule has 0 aliphatic carbocycles. The third-order valence-electron chi connectivity index (χ3n) is 1.68. The van der Waals surface area contributed by atoms with E-state index in [0.29, 0.717) is 10.0 Å². The van der Waals surface area contributed by atoms with E-state index >= 15 is 0 Å². The average molecular weight is 275 g/mol. The summed E-state index contributed by atoms with van der Waals surface area (Å²) in [6, 6.07) is 1.43. The zero-order valence-electron chi connectivity index (χ0n) is 8.08. The van der Waals surface area contributed by atoms with Crippen molar-refractivity contribution >= 4 is 21.8 Å². The maximum atomic E-state index is 11.4. The summed E-state index contributed by atoms with van der Waals surface area (Å²) in [5, 5.41) is 11.5. The van der Waals surface area contributed by atoms with Crippen molar-refractivity contribution in [3.8, 4) is 0 Å². The van der Waals surface area contributed by atoms with Gasteiger partial charge in [-0.15, -0.1) is 0 Å². The van der Waals surface area contributed by atoms with Crippen LogP contribution in [0.2, 0.25) is 0 Å². The highest BCUT2D eigenvalue weighted by Crippen LogP contribution is 2.04. The number of aromatic amines is 1. The first-order valence-corrected chi connectivity index (χ1v) is 5.14. The summed E-state index contributed by atoms with van der Waals surface area (Å²) >= 11 is 3.02. The maximum absolute atomic E-state index is 11.4. The summed E-state index contributed by atoms with van der Waals surface area (Å²) < 4.78 is 0.298. The molecule has 6 heteroatoms. The Morgan fingerprint density at radius 2 is 2.40 bits per heavy atom. The van der Waals surface area contributed by atoms with Crippen LogP contribution in [0.4, 0.5) is 0 Å². The minimum absolute atomic E-state index is 0.176. The molecule has 5 nitrogen and oxygen atoms in total. The van der Waals surface area contributed by atoms with Crippen molar-refractivity contribution < 1.29 is 9.90 Å². The molecule has 82 valence electrons. The zero-order chi connectivity index (χ0) is 11.4. The molecule has 0 unspecified atom stereocenters. The normalized spacial score (nSPS) is 12.2. The predicted molar refractivity (Wildman–Crippen MR) is 58.8 cm³/mol. The average Bonchev–Trinajstić information content (AvgIpc) is 2.18. The molecule has 0 saturated heterocycles. The Morgan fingerprint density at radius 3 is 2.93 bits per heavy atom. The van der Waals surface area contributed by atoms with Gasteiger partial charge in [-0.1, -0.05) is 0 Å². The van der Waals surface area contributed by atoms with Gasteiger partial charge in [0, 0.05) is 12.7 Å². The van der Waals surface area contributed by atoms with Gasteiger partial charge < -0.3 is 15.4 Å². The maximum Gasteiger partial charge on any atom is 0.262 e. The van der Waals surface area contributed by atoms with E-state index in [-0.39, 0.29) is 18.0 Å². The topological polar surface area (TPSA) is 82.2 Å². The van der Waals surface area contributed by atoms with Gasteiger partial charge in [-0.25, -0.2) is 0 Å². The molecule has 1 atom stereocenters. The third-order valence-corrected chi connectivity index (χ3v) is 2.27. The molecule has 1 heterocycles. The second-order valence-electron chi connectivity index (χ2n) is 3.12. The molecule has 0 saturated carbocycles. The molecule has 15 heavy (non-hydrogen) atoms. The van der Waals surface area contributed by atoms with E-state index in [9.17, 15) is 9.59 Å². The summed E-state index contributed by atoms with van der Waals surface area (Å²) in [5.74, 6) is -0.340. The summed E-state index contributed by atoms with van der Waals surface area (Å²) in [7, 11) is 0. The Hall–Kier alpha value is -1.14. The van der Waals surface area contributed by atoms with E-state index in [4.69, 9.17) is 5.11 Å². The van der Waals surface area contributed by atoms with Gasteiger partial charge in [0.2, 0.25) is 0 Å². The van der Waals surface area contributed by atoms with Gasteiger partial charge >= 0.3 is 0 Å². The monoisotopic (exact) mass is 274 g/mol. The molecule has 0 aliphatic rings. The van der Waals surface area contributed by atoms with Crippen molar-refractivity contribution in [3.63, 3.8) is 0 Å². The van der Waals surface area contributed by atoms with Crippen LogP contribution in [0, 0.1) is 0 Å². The van der Waals surface area contributed by atoms with E-state index in [1.807, 2.05) is 0 Å². The SMILES string of the molecule is C[C@@H](O)CNC(=O)c1c[nH]c(=O)c(Br)c1. The van der Waals surface area contributed by atoms with Crippen molar-refractivity contribution in [1.29, 1.82) is 0 Å². The molecule has 1 amide bonds. The Bertz CT molecular complexity index is 414. The smallest absolute Gasteiger partial charge is 0.262 e. The largest absolute Gasteiger partial charge is 0.392 e. The minimum atomic E-state index is -0.597. The number of halogens is 1. The number of pyridine rings is 1. The van der Waals surface area contributed by atoms with Crippen molar-refractivity contribution in [2.75, 3.05) is 6.54 Å². The molecule has 0 aliphatic heterocycles. The quantitative estimate of drug-likeness (QED) is 0.739. The summed E-state index contributed by atoms with van der Waals surface area (Å²) in [6.45, 7) is 1.75. The lowest BCUT2D eigenvalue weighted by atomic mass is 10.2. The molecule has 1 rings (SSSR count). The number of nitrogens with one attached hydrogen (secondary N) is 2.